The monoisotopic (exact) mass is 111 g/mol. The molecule has 0 aliphatic heterocycles. The number of hydrogen-bond acceptors (Lipinski definition) is 0. The second-order valence-electron chi connectivity index (χ2n) is 2.66. The molecule has 1 rings (SSSR count). The molecule has 0 aromatic carbocycles. The van der Waals surface area contributed by atoms with Crippen molar-refractivity contribution in [1.29, 1.82) is 0 Å². The van der Waals surface area contributed by atoms with Gasteiger partial charge in [0, 0.05) is 0 Å². The highest BCUT2D eigenvalue weighted by Crippen LogP contribution is 2.27. The lowest BCUT2D eigenvalue weighted by Crippen LogP contribution is -2.01. The first kappa shape index (κ1) is 6.00. The molecule has 0 saturated heterocycles. The quantitative estimate of drug-likeness (QED) is 0.456. The maximum absolute atomic E-state index is 2.28. The van der Waals surface area contributed by atoms with Gasteiger partial charge in [0.2, 0.25) is 0 Å². The predicted octanol–water partition coefficient (Wildman–Crippen LogP) is 2.93. The molecule has 0 spiro atoms. The van der Waals surface area contributed by atoms with Crippen LogP contribution in [0.2, 0.25) is 0 Å². The molecule has 1 saturated carbocycles. The second kappa shape index (κ2) is 3.01. The lowest BCUT2D eigenvalue weighted by molar-refractivity contribution is 0.515. The fourth-order valence-electron chi connectivity index (χ4n) is 1.41. The van der Waals surface area contributed by atoms with Crippen molar-refractivity contribution < 1.29 is 0 Å². The van der Waals surface area contributed by atoms with Crippen molar-refractivity contribution in [3.8, 4) is 0 Å². The summed E-state index contributed by atoms with van der Waals surface area (Å²) in [5, 5.41) is 0. The Hall–Kier alpha value is -0.130. The van der Waals surface area contributed by atoms with Crippen LogP contribution in [0.1, 0.15) is 45.4 Å². The van der Waals surface area contributed by atoms with Crippen LogP contribution in [-0.4, -0.2) is 0 Å². The maximum atomic E-state index is 2.28. The normalized spacial score (nSPS) is 21.4. The maximum Gasteiger partial charge on any atom is 0.0901 e. The van der Waals surface area contributed by atoms with Crippen LogP contribution in [0.5, 0.6) is 0 Å². The van der Waals surface area contributed by atoms with Gasteiger partial charge in [-0.25, -0.2) is 0 Å². The highest BCUT2D eigenvalue weighted by Gasteiger charge is 2.20. The summed E-state index contributed by atoms with van der Waals surface area (Å²) >= 11 is 0. The number of hydrogen-bond donors (Lipinski definition) is 0. The lowest BCUT2D eigenvalue weighted by Gasteiger charge is -2.09. The third kappa shape index (κ3) is 1.43. The summed E-state index contributed by atoms with van der Waals surface area (Å²) in [7, 11) is 0. The van der Waals surface area contributed by atoms with Crippen LogP contribution in [0.25, 0.3) is 0 Å². The molecule has 1 fully saturated rings. The van der Waals surface area contributed by atoms with Gasteiger partial charge in [0.25, 0.3) is 0 Å². The van der Waals surface area contributed by atoms with E-state index in [0.717, 1.165) is 0 Å². The average Bonchev–Trinajstić information content (AvgIpc) is 1.90. The molecule has 1 aliphatic carbocycles. The Bertz CT molecular complexity index is 51.1. The summed E-state index contributed by atoms with van der Waals surface area (Å²) in [5.41, 5.74) is 0. The van der Waals surface area contributed by atoms with Crippen molar-refractivity contribution in [2.45, 2.75) is 45.4 Å². The third-order valence-corrected chi connectivity index (χ3v) is 2.06. The first-order valence-corrected chi connectivity index (χ1v) is 3.77. The minimum Gasteiger partial charge on any atom is -0.0452 e. The summed E-state index contributed by atoms with van der Waals surface area (Å²) in [6.07, 6.45) is 8.59. The van der Waals surface area contributed by atoms with Crippen LogP contribution in [0, 0.1) is 5.92 Å². The molecule has 0 N–H and O–H groups in total. The molecule has 0 amide bonds. The zero-order valence-electron chi connectivity index (χ0n) is 5.74. The van der Waals surface area contributed by atoms with E-state index < -0.39 is 0 Å². The molecule has 0 heterocycles. The molecule has 8 heavy (non-hydrogen) atoms. The summed E-state index contributed by atoms with van der Waals surface area (Å²) in [4.78, 5) is 0. The largest absolute Gasteiger partial charge is 0.0901 e. The molecule has 0 aromatic heterocycles. The van der Waals surface area contributed by atoms with E-state index in [1.165, 1.54) is 38.5 Å². The molecular weight excluding hydrogens is 96.1 g/mol. The Balaban J connectivity index is 2.13. The van der Waals surface area contributed by atoms with E-state index in [9.17, 15) is 0 Å². The fourth-order valence-corrected chi connectivity index (χ4v) is 1.41. The van der Waals surface area contributed by atoms with Crippen molar-refractivity contribution in [2.75, 3.05) is 0 Å². The van der Waals surface area contributed by atoms with E-state index >= 15 is 0 Å². The molecule has 0 unspecified atom stereocenters. The van der Waals surface area contributed by atoms with Gasteiger partial charge < -0.3 is 0 Å². The van der Waals surface area contributed by atoms with Gasteiger partial charge in [0.05, 0.1) is 25.2 Å². The van der Waals surface area contributed by atoms with E-state index in [4.69, 9.17) is 0 Å². The molecule has 0 atom stereocenters. The zero-order chi connectivity index (χ0) is 5.82. The van der Waals surface area contributed by atoms with Gasteiger partial charge in [-0.2, -0.15) is 0 Å². The second-order valence-corrected chi connectivity index (χ2v) is 2.66. The van der Waals surface area contributed by atoms with Crippen LogP contribution in [0.3, 0.4) is 0 Å². The molecule has 1 aliphatic rings. The van der Waals surface area contributed by atoms with Gasteiger partial charge in [-0.3, -0.25) is 0 Å². The highest BCUT2D eigenvalue weighted by atomic mass is 14.2. The zero-order valence-corrected chi connectivity index (χ0v) is 5.74. The Labute approximate surface area is 52.3 Å². The van der Waals surface area contributed by atoms with Crippen LogP contribution < -0.4 is 0 Å². The van der Waals surface area contributed by atoms with E-state index in [1.807, 2.05) is 0 Å². The molecule has 46 valence electrons. The molecule has 0 radical (unpaired) electrons. The first-order chi connectivity index (χ1) is 3.93. The summed E-state index contributed by atoms with van der Waals surface area (Å²) in [6.45, 7) is 2.28. The van der Waals surface area contributed by atoms with Gasteiger partial charge in [0.1, 0.15) is 0 Å². The van der Waals surface area contributed by atoms with Crippen molar-refractivity contribution in [3.63, 3.8) is 0 Å². The first-order valence-electron chi connectivity index (χ1n) is 3.77. The lowest BCUT2D eigenvalue weighted by atomic mass is 9.88. The summed E-state index contributed by atoms with van der Waals surface area (Å²) < 4.78 is 0. The SMILES string of the molecule is CC[C+]1CCCCC1. The van der Waals surface area contributed by atoms with Crippen LogP contribution >= 0.6 is 0 Å². The predicted molar refractivity (Wildman–Crippen MR) is 36.6 cm³/mol. The van der Waals surface area contributed by atoms with Crippen molar-refractivity contribution >= 4 is 0 Å². The van der Waals surface area contributed by atoms with Gasteiger partial charge in [-0.1, -0.05) is 0 Å². The van der Waals surface area contributed by atoms with Crippen LogP contribution in [0.15, 0.2) is 0 Å². The molecule has 0 heteroatoms. The summed E-state index contributed by atoms with van der Waals surface area (Å²) in [6, 6.07) is 0. The fraction of sp³-hybridized carbons (Fsp3) is 0.875. The van der Waals surface area contributed by atoms with E-state index in [1.54, 1.807) is 5.92 Å². The smallest absolute Gasteiger partial charge is 0.0452 e. The minimum absolute atomic E-state index is 1.33. The standard InChI is InChI=1S/C8H15/c1-2-8-6-4-3-5-7-8/h2-7H2,1H3/q+1. The van der Waals surface area contributed by atoms with Crippen molar-refractivity contribution in [2.24, 2.45) is 0 Å². The van der Waals surface area contributed by atoms with Crippen LogP contribution in [0.4, 0.5) is 0 Å². The van der Waals surface area contributed by atoms with Crippen LogP contribution in [-0.2, 0) is 0 Å². The van der Waals surface area contributed by atoms with E-state index in [0.29, 0.717) is 0 Å². The van der Waals surface area contributed by atoms with Crippen molar-refractivity contribution in [1.82, 2.24) is 0 Å². The Morgan fingerprint density at radius 1 is 1.12 bits per heavy atom. The average molecular weight is 111 g/mol. The van der Waals surface area contributed by atoms with E-state index in [-0.39, 0.29) is 0 Å². The Morgan fingerprint density at radius 3 is 2.12 bits per heavy atom. The summed E-state index contributed by atoms with van der Waals surface area (Å²) in [5.74, 6) is 1.80. The third-order valence-electron chi connectivity index (χ3n) is 2.06. The number of rotatable bonds is 1. The van der Waals surface area contributed by atoms with Crippen molar-refractivity contribution in [3.05, 3.63) is 5.92 Å². The minimum atomic E-state index is 1.33. The van der Waals surface area contributed by atoms with Gasteiger partial charge in [0.15, 0.2) is 0 Å². The molecule has 0 bridgehead atoms. The van der Waals surface area contributed by atoms with Gasteiger partial charge in [-0.15, -0.1) is 0 Å². The Morgan fingerprint density at radius 2 is 1.75 bits per heavy atom. The molecule has 0 nitrogen and oxygen atoms in total. The van der Waals surface area contributed by atoms with Gasteiger partial charge >= 0.3 is 0 Å². The molecular formula is C8H15+. The topological polar surface area (TPSA) is 0 Å². The molecule has 0 aromatic rings. The highest BCUT2D eigenvalue weighted by molar-refractivity contribution is 4.90. The van der Waals surface area contributed by atoms with E-state index in [2.05, 4.69) is 6.92 Å². The Kier molecular flexibility index (Phi) is 2.26. The van der Waals surface area contributed by atoms with Gasteiger partial charge in [-0.05, 0) is 26.2 Å².